The summed E-state index contributed by atoms with van der Waals surface area (Å²) < 4.78 is 12.1. The molecule has 0 fully saturated rings. The number of likely N-dealkylation sites (N-methyl/N-ethyl adjacent to an activating group) is 1. The first-order valence-electron chi connectivity index (χ1n) is 8.56. The number of nitrogens with zero attached hydrogens (tertiary/aromatic N) is 2. The summed E-state index contributed by atoms with van der Waals surface area (Å²) in [6, 6.07) is 15.9. The molecule has 0 aliphatic rings. The van der Waals surface area contributed by atoms with Crippen LogP contribution in [0.4, 0.5) is 0 Å². The molecule has 0 saturated heterocycles. The van der Waals surface area contributed by atoms with Gasteiger partial charge >= 0.3 is 0 Å². The first kappa shape index (κ1) is 18.8. The van der Waals surface area contributed by atoms with Crippen molar-refractivity contribution in [2.75, 3.05) is 27.3 Å². The van der Waals surface area contributed by atoms with Crippen molar-refractivity contribution in [3.8, 4) is 5.75 Å². The van der Waals surface area contributed by atoms with Gasteiger partial charge in [-0.3, -0.25) is 4.90 Å². The molecule has 6 heteroatoms. The number of benzene rings is 2. The van der Waals surface area contributed by atoms with Gasteiger partial charge < -0.3 is 14.6 Å². The molecule has 3 rings (SSSR count). The normalized spacial score (nSPS) is 12.6. The number of fused-ring (bicyclic) bond motifs is 1. The van der Waals surface area contributed by atoms with Crippen molar-refractivity contribution in [2.45, 2.75) is 19.3 Å². The molecule has 26 heavy (non-hydrogen) atoms. The summed E-state index contributed by atoms with van der Waals surface area (Å²) in [5.74, 6) is 0.801. The third-order valence-corrected chi connectivity index (χ3v) is 5.05. The van der Waals surface area contributed by atoms with Crippen LogP contribution in [-0.2, 0) is 17.9 Å². The molecule has 1 unspecified atom stereocenters. The van der Waals surface area contributed by atoms with Gasteiger partial charge in [0.15, 0.2) is 0 Å². The summed E-state index contributed by atoms with van der Waals surface area (Å²) in [4.78, 5) is 6.70. The maximum absolute atomic E-state index is 10.2. The number of hydrogen-bond acceptors (Lipinski definition) is 6. The first-order chi connectivity index (χ1) is 12.7. The molecule has 1 N–H and O–H groups in total. The molecule has 0 amide bonds. The van der Waals surface area contributed by atoms with Crippen LogP contribution in [0.1, 0.15) is 10.6 Å². The smallest absolute Gasteiger partial charge is 0.124 e. The van der Waals surface area contributed by atoms with Crippen LogP contribution in [0.2, 0.25) is 0 Å². The van der Waals surface area contributed by atoms with Crippen LogP contribution in [-0.4, -0.2) is 48.4 Å². The van der Waals surface area contributed by atoms with Crippen LogP contribution in [0.5, 0.6) is 5.75 Å². The Hall–Kier alpha value is -1.99. The molecule has 0 aliphatic heterocycles. The molecular weight excluding hydrogens is 348 g/mol. The van der Waals surface area contributed by atoms with Crippen molar-refractivity contribution in [3.05, 3.63) is 59.1 Å². The monoisotopic (exact) mass is 372 g/mol. The van der Waals surface area contributed by atoms with Crippen LogP contribution >= 0.6 is 11.3 Å². The summed E-state index contributed by atoms with van der Waals surface area (Å²) in [5.41, 5.74) is 2.01. The van der Waals surface area contributed by atoms with Gasteiger partial charge in [-0.25, -0.2) is 4.98 Å². The predicted molar refractivity (Wildman–Crippen MR) is 105 cm³/mol. The van der Waals surface area contributed by atoms with Gasteiger partial charge in [0.2, 0.25) is 0 Å². The summed E-state index contributed by atoms with van der Waals surface area (Å²) in [6.45, 7) is 1.94. The Labute approximate surface area is 157 Å². The van der Waals surface area contributed by atoms with Gasteiger partial charge in [-0.05, 0) is 25.2 Å². The Balaban J connectivity index is 1.44. The molecular formula is C20H24N2O3S. The van der Waals surface area contributed by atoms with Crippen molar-refractivity contribution in [1.82, 2.24) is 9.88 Å². The van der Waals surface area contributed by atoms with E-state index in [1.165, 1.54) is 4.70 Å². The topological polar surface area (TPSA) is 54.8 Å². The SMILES string of the molecule is COc1ccccc1COCC(O)CN(C)Cc1nc2ccccc2s1. The molecule has 1 heterocycles. The predicted octanol–water partition coefficient (Wildman–Crippen LogP) is 3.31. The molecule has 5 nitrogen and oxygen atoms in total. The lowest BCUT2D eigenvalue weighted by Gasteiger charge is -2.19. The fourth-order valence-corrected chi connectivity index (χ4v) is 3.87. The number of thiazole rings is 1. The van der Waals surface area contributed by atoms with Crippen molar-refractivity contribution < 1.29 is 14.6 Å². The highest BCUT2D eigenvalue weighted by Crippen LogP contribution is 2.22. The van der Waals surface area contributed by atoms with Gasteiger partial charge in [0.05, 0.1) is 43.2 Å². The van der Waals surface area contributed by atoms with E-state index in [-0.39, 0.29) is 6.61 Å². The van der Waals surface area contributed by atoms with Gasteiger partial charge in [-0.15, -0.1) is 11.3 Å². The fourth-order valence-electron chi connectivity index (χ4n) is 2.82. The van der Waals surface area contributed by atoms with Crippen molar-refractivity contribution >= 4 is 21.6 Å². The molecule has 0 aliphatic carbocycles. The number of rotatable bonds is 9. The molecule has 0 bridgehead atoms. The van der Waals surface area contributed by atoms with E-state index in [0.29, 0.717) is 19.7 Å². The van der Waals surface area contributed by atoms with E-state index in [0.717, 1.165) is 21.8 Å². The summed E-state index contributed by atoms with van der Waals surface area (Å²) >= 11 is 1.69. The van der Waals surface area contributed by atoms with Gasteiger partial charge in [-0.1, -0.05) is 30.3 Å². The van der Waals surface area contributed by atoms with E-state index >= 15 is 0 Å². The van der Waals surface area contributed by atoms with E-state index in [2.05, 4.69) is 16.0 Å². The minimum Gasteiger partial charge on any atom is -0.496 e. The average molecular weight is 372 g/mol. The van der Waals surface area contributed by atoms with E-state index in [1.807, 2.05) is 49.5 Å². The van der Waals surface area contributed by atoms with Crippen LogP contribution in [0.3, 0.4) is 0 Å². The number of ether oxygens (including phenoxy) is 2. The largest absolute Gasteiger partial charge is 0.496 e. The van der Waals surface area contributed by atoms with Gasteiger partial charge in [0, 0.05) is 12.1 Å². The van der Waals surface area contributed by atoms with Gasteiger partial charge in [-0.2, -0.15) is 0 Å². The molecule has 138 valence electrons. The Morgan fingerprint density at radius 1 is 1.15 bits per heavy atom. The molecule has 3 aromatic rings. The Bertz CT molecular complexity index is 804. The third kappa shape index (κ3) is 5.02. The number of methoxy groups -OCH3 is 1. The van der Waals surface area contributed by atoms with Crippen molar-refractivity contribution in [2.24, 2.45) is 0 Å². The van der Waals surface area contributed by atoms with E-state index in [9.17, 15) is 5.11 Å². The minimum atomic E-state index is -0.552. The Morgan fingerprint density at radius 2 is 1.92 bits per heavy atom. The van der Waals surface area contributed by atoms with Crippen LogP contribution in [0.25, 0.3) is 10.2 Å². The second kappa shape index (κ2) is 9.09. The van der Waals surface area contributed by atoms with Crippen LogP contribution in [0, 0.1) is 0 Å². The summed E-state index contributed by atoms with van der Waals surface area (Å²) in [7, 11) is 3.63. The Kier molecular flexibility index (Phi) is 6.57. The maximum atomic E-state index is 10.2. The van der Waals surface area contributed by atoms with E-state index in [1.54, 1.807) is 18.4 Å². The van der Waals surface area contributed by atoms with Crippen LogP contribution in [0.15, 0.2) is 48.5 Å². The molecule has 1 atom stereocenters. The zero-order valence-electron chi connectivity index (χ0n) is 15.1. The maximum Gasteiger partial charge on any atom is 0.124 e. The standard InChI is InChI=1S/C20H24N2O3S/c1-22(12-20-21-17-8-4-6-10-19(17)26-20)11-16(23)14-25-13-15-7-3-5-9-18(15)24-2/h3-10,16,23H,11-14H2,1-2H3. The van der Waals surface area contributed by atoms with Crippen LogP contribution < -0.4 is 4.74 Å². The molecule has 0 spiro atoms. The lowest BCUT2D eigenvalue weighted by Crippen LogP contribution is -2.31. The number of aliphatic hydroxyl groups is 1. The molecule has 1 aromatic heterocycles. The second-order valence-electron chi connectivity index (χ2n) is 6.25. The number of aromatic nitrogens is 1. The van der Waals surface area contributed by atoms with Gasteiger partial charge in [0.1, 0.15) is 10.8 Å². The zero-order chi connectivity index (χ0) is 18.4. The quantitative estimate of drug-likeness (QED) is 0.624. The number of hydrogen-bond donors (Lipinski definition) is 1. The average Bonchev–Trinajstić information content (AvgIpc) is 3.04. The third-order valence-electron chi connectivity index (χ3n) is 4.03. The summed E-state index contributed by atoms with van der Waals surface area (Å²) in [5, 5.41) is 11.3. The fraction of sp³-hybridized carbons (Fsp3) is 0.350. The Morgan fingerprint density at radius 3 is 2.73 bits per heavy atom. The minimum absolute atomic E-state index is 0.280. The van der Waals surface area contributed by atoms with E-state index in [4.69, 9.17) is 9.47 Å². The lowest BCUT2D eigenvalue weighted by atomic mass is 10.2. The zero-order valence-corrected chi connectivity index (χ0v) is 15.9. The molecule has 0 radical (unpaired) electrons. The lowest BCUT2D eigenvalue weighted by molar-refractivity contribution is 0.0122. The first-order valence-corrected chi connectivity index (χ1v) is 9.38. The van der Waals surface area contributed by atoms with Gasteiger partial charge in [0.25, 0.3) is 0 Å². The van der Waals surface area contributed by atoms with E-state index < -0.39 is 6.10 Å². The van der Waals surface area contributed by atoms with Crippen molar-refractivity contribution in [1.29, 1.82) is 0 Å². The summed E-state index contributed by atoms with van der Waals surface area (Å²) in [6.07, 6.45) is -0.552. The number of para-hydroxylation sites is 2. The molecule has 2 aromatic carbocycles. The highest BCUT2D eigenvalue weighted by atomic mass is 32.1. The number of aliphatic hydroxyl groups excluding tert-OH is 1. The highest BCUT2D eigenvalue weighted by molar-refractivity contribution is 7.18. The second-order valence-corrected chi connectivity index (χ2v) is 7.37. The highest BCUT2D eigenvalue weighted by Gasteiger charge is 2.12. The van der Waals surface area contributed by atoms with Crippen molar-refractivity contribution in [3.63, 3.8) is 0 Å². The molecule has 0 saturated carbocycles.